The number of nitrogens with zero attached hydrogens (tertiary/aromatic N) is 4. The van der Waals surface area contributed by atoms with Crippen LogP contribution in [0.5, 0.6) is 5.75 Å². The quantitative estimate of drug-likeness (QED) is 0.812. The van der Waals surface area contributed by atoms with Gasteiger partial charge in [0, 0.05) is 18.8 Å². The third kappa shape index (κ3) is 3.30. The number of hydrogen-bond donors (Lipinski definition) is 2. The lowest BCUT2D eigenvalue weighted by Gasteiger charge is -2.22. The molecule has 3 rings (SSSR count). The molecule has 2 aromatic rings. The zero-order valence-corrected chi connectivity index (χ0v) is 12.9. The number of amides is 1. The van der Waals surface area contributed by atoms with E-state index in [0.29, 0.717) is 36.1 Å². The van der Waals surface area contributed by atoms with Gasteiger partial charge in [-0.15, -0.1) is 5.10 Å². The molecule has 9 nitrogen and oxygen atoms in total. The number of methoxy groups -OCH3 is 1. The summed E-state index contributed by atoms with van der Waals surface area (Å²) in [6.45, 7) is 3.57. The molecule has 1 atom stereocenters. The fourth-order valence-electron chi connectivity index (χ4n) is 2.34. The van der Waals surface area contributed by atoms with Crippen molar-refractivity contribution >= 4 is 11.6 Å². The number of hydrogen-bond acceptors (Lipinski definition) is 7. The van der Waals surface area contributed by atoms with Gasteiger partial charge in [-0.1, -0.05) is 0 Å². The number of morpholine rings is 1. The Hall–Kier alpha value is -2.52. The zero-order chi connectivity index (χ0) is 16.2. The first kappa shape index (κ1) is 15.4. The first-order chi connectivity index (χ1) is 11.2. The van der Waals surface area contributed by atoms with Crippen molar-refractivity contribution in [3.63, 3.8) is 0 Å². The number of carbonyl (C=O) groups is 1. The van der Waals surface area contributed by atoms with Crippen molar-refractivity contribution in [3.8, 4) is 11.4 Å². The molecule has 0 radical (unpaired) electrons. The van der Waals surface area contributed by atoms with Gasteiger partial charge in [-0.3, -0.25) is 4.79 Å². The fraction of sp³-hybridized carbons (Fsp3) is 0.429. The number of nitrogens with one attached hydrogen (secondary N) is 2. The van der Waals surface area contributed by atoms with E-state index in [1.807, 2.05) is 0 Å². The van der Waals surface area contributed by atoms with Crippen LogP contribution in [0.1, 0.15) is 5.82 Å². The average molecular weight is 318 g/mol. The SMILES string of the molecule is COc1ccc(NC(=O)C2CNCCO2)cc1-n1nnnc1C. The normalized spacial score (nSPS) is 17.7. The lowest BCUT2D eigenvalue weighted by Crippen LogP contribution is -2.45. The highest BCUT2D eigenvalue weighted by molar-refractivity contribution is 5.94. The van der Waals surface area contributed by atoms with E-state index in [4.69, 9.17) is 9.47 Å². The molecule has 122 valence electrons. The first-order valence-corrected chi connectivity index (χ1v) is 7.25. The fourth-order valence-corrected chi connectivity index (χ4v) is 2.34. The molecule has 1 aliphatic heterocycles. The Morgan fingerprint density at radius 2 is 2.39 bits per heavy atom. The van der Waals surface area contributed by atoms with Gasteiger partial charge in [-0.05, 0) is 35.5 Å². The molecule has 2 heterocycles. The van der Waals surface area contributed by atoms with Crippen LogP contribution in [0.3, 0.4) is 0 Å². The molecule has 0 aliphatic carbocycles. The summed E-state index contributed by atoms with van der Waals surface area (Å²) in [5.41, 5.74) is 1.27. The smallest absolute Gasteiger partial charge is 0.254 e. The summed E-state index contributed by atoms with van der Waals surface area (Å²) in [5.74, 6) is 1.03. The second kappa shape index (κ2) is 6.71. The monoisotopic (exact) mass is 318 g/mol. The second-order valence-electron chi connectivity index (χ2n) is 5.08. The summed E-state index contributed by atoms with van der Waals surface area (Å²) in [5, 5.41) is 17.4. The van der Waals surface area contributed by atoms with Crippen LogP contribution in [0.15, 0.2) is 18.2 Å². The molecular weight excluding hydrogens is 300 g/mol. The topological polar surface area (TPSA) is 103 Å². The third-order valence-corrected chi connectivity index (χ3v) is 3.52. The Morgan fingerprint density at radius 1 is 1.52 bits per heavy atom. The predicted octanol–water partition coefficient (Wildman–Crippen LogP) is -0.0938. The van der Waals surface area contributed by atoms with Gasteiger partial charge in [-0.25, -0.2) is 0 Å². The highest BCUT2D eigenvalue weighted by Gasteiger charge is 2.22. The standard InChI is InChI=1S/C14H18N6O3/c1-9-17-18-19-20(9)11-7-10(3-4-12(11)22-2)16-14(21)13-8-15-5-6-23-13/h3-4,7,13,15H,5-6,8H2,1-2H3,(H,16,21). The maximum atomic E-state index is 12.2. The summed E-state index contributed by atoms with van der Waals surface area (Å²) in [6.07, 6.45) is -0.496. The van der Waals surface area contributed by atoms with Crippen LogP contribution in [-0.4, -0.2) is 59.0 Å². The van der Waals surface area contributed by atoms with E-state index in [2.05, 4.69) is 26.2 Å². The molecule has 0 saturated carbocycles. The summed E-state index contributed by atoms with van der Waals surface area (Å²) < 4.78 is 12.3. The predicted molar refractivity (Wildman–Crippen MR) is 81.7 cm³/mol. The van der Waals surface area contributed by atoms with E-state index in [9.17, 15) is 4.79 Å². The van der Waals surface area contributed by atoms with E-state index in [1.165, 1.54) is 0 Å². The van der Waals surface area contributed by atoms with Gasteiger partial charge in [0.25, 0.3) is 5.91 Å². The Labute approximate surface area is 133 Å². The summed E-state index contributed by atoms with van der Waals surface area (Å²) in [6, 6.07) is 5.28. The average Bonchev–Trinajstić information content (AvgIpc) is 3.01. The lowest BCUT2D eigenvalue weighted by molar-refractivity contribution is -0.128. The number of aromatic nitrogens is 4. The van der Waals surface area contributed by atoms with Gasteiger partial charge in [0.15, 0.2) is 5.82 Å². The summed E-state index contributed by atoms with van der Waals surface area (Å²) in [7, 11) is 1.57. The molecular formula is C14H18N6O3. The van der Waals surface area contributed by atoms with E-state index in [-0.39, 0.29) is 5.91 Å². The molecule has 1 aliphatic rings. The van der Waals surface area contributed by atoms with Gasteiger partial charge >= 0.3 is 0 Å². The van der Waals surface area contributed by atoms with Crippen molar-refractivity contribution in [1.82, 2.24) is 25.5 Å². The maximum absolute atomic E-state index is 12.2. The molecule has 9 heteroatoms. The van der Waals surface area contributed by atoms with Crippen molar-refractivity contribution in [2.24, 2.45) is 0 Å². The summed E-state index contributed by atoms with van der Waals surface area (Å²) in [4.78, 5) is 12.2. The van der Waals surface area contributed by atoms with Crippen molar-refractivity contribution < 1.29 is 14.3 Å². The van der Waals surface area contributed by atoms with E-state index < -0.39 is 6.10 Å². The maximum Gasteiger partial charge on any atom is 0.254 e. The molecule has 1 saturated heterocycles. The summed E-state index contributed by atoms with van der Waals surface area (Å²) >= 11 is 0. The van der Waals surface area contributed by atoms with Crippen molar-refractivity contribution in [2.45, 2.75) is 13.0 Å². The molecule has 1 unspecified atom stereocenters. The van der Waals surface area contributed by atoms with Crippen molar-refractivity contribution in [3.05, 3.63) is 24.0 Å². The number of aryl methyl sites for hydroxylation is 1. The molecule has 1 aromatic carbocycles. The van der Waals surface area contributed by atoms with Crippen molar-refractivity contribution in [2.75, 3.05) is 32.1 Å². The number of tetrazole rings is 1. The number of rotatable bonds is 4. The lowest BCUT2D eigenvalue weighted by atomic mass is 10.2. The van der Waals surface area contributed by atoms with Gasteiger partial charge in [0.2, 0.25) is 0 Å². The largest absolute Gasteiger partial charge is 0.494 e. The Bertz CT molecular complexity index is 696. The van der Waals surface area contributed by atoms with E-state index in [0.717, 1.165) is 6.54 Å². The van der Waals surface area contributed by atoms with Crippen LogP contribution in [0.4, 0.5) is 5.69 Å². The van der Waals surface area contributed by atoms with Crippen molar-refractivity contribution in [1.29, 1.82) is 0 Å². The van der Waals surface area contributed by atoms with Crippen LogP contribution >= 0.6 is 0 Å². The Balaban J connectivity index is 1.83. The van der Waals surface area contributed by atoms with E-state index in [1.54, 1.807) is 36.9 Å². The molecule has 1 aromatic heterocycles. The minimum Gasteiger partial charge on any atom is -0.494 e. The first-order valence-electron chi connectivity index (χ1n) is 7.25. The number of carbonyl (C=O) groups excluding carboxylic acids is 1. The second-order valence-corrected chi connectivity index (χ2v) is 5.08. The van der Waals surface area contributed by atoms with Gasteiger partial charge < -0.3 is 20.1 Å². The highest BCUT2D eigenvalue weighted by Crippen LogP contribution is 2.26. The minimum atomic E-state index is -0.496. The molecule has 23 heavy (non-hydrogen) atoms. The number of anilines is 1. The van der Waals surface area contributed by atoms with Gasteiger partial charge in [0.1, 0.15) is 17.5 Å². The number of ether oxygens (including phenoxy) is 2. The number of benzene rings is 1. The van der Waals surface area contributed by atoms with E-state index >= 15 is 0 Å². The molecule has 1 fully saturated rings. The highest BCUT2D eigenvalue weighted by atomic mass is 16.5. The minimum absolute atomic E-state index is 0.193. The van der Waals surface area contributed by atoms with Crippen LogP contribution < -0.4 is 15.4 Å². The van der Waals surface area contributed by atoms with Gasteiger partial charge in [-0.2, -0.15) is 4.68 Å². The van der Waals surface area contributed by atoms with Gasteiger partial charge in [0.05, 0.1) is 13.7 Å². The Kier molecular flexibility index (Phi) is 4.49. The van der Waals surface area contributed by atoms with Crippen LogP contribution in [0, 0.1) is 6.92 Å². The van der Waals surface area contributed by atoms with Crippen LogP contribution in [-0.2, 0) is 9.53 Å². The van der Waals surface area contributed by atoms with Crippen LogP contribution in [0.2, 0.25) is 0 Å². The zero-order valence-electron chi connectivity index (χ0n) is 12.9. The van der Waals surface area contributed by atoms with Crippen LogP contribution in [0.25, 0.3) is 5.69 Å². The Morgan fingerprint density at radius 3 is 3.04 bits per heavy atom. The third-order valence-electron chi connectivity index (χ3n) is 3.52. The molecule has 1 amide bonds. The molecule has 2 N–H and O–H groups in total. The molecule has 0 spiro atoms. The molecule has 0 bridgehead atoms.